The zero-order chi connectivity index (χ0) is 28.7. The number of nitrogens with zero attached hydrogens (tertiary/aromatic N) is 1. The summed E-state index contributed by atoms with van der Waals surface area (Å²) >= 11 is 0. The number of rotatable bonds is 16. The van der Waals surface area contributed by atoms with Crippen LogP contribution >= 0.6 is 0 Å². The molecular weight excluding hydrogens is 510 g/mol. The number of ether oxygens (including phenoxy) is 2. The molecule has 1 aliphatic rings. The molecule has 2 aromatic rings. The number of benzene rings is 2. The second-order valence-corrected chi connectivity index (χ2v) is 10.3. The van der Waals surface area contributed by atoms with Crippen molar-refractivity contribution in [2.24, 2.45) is 0 Å². The summed E-state index contributed by atoms with van der Waals surface area (Å²) in [6, 6.07) is 15.8. The van der Waals surface area contributed by atoms with Crippen molar-refractivity contribution in [2.45, 2.75) is 76.6 Å². The predicted octanol–water partition coefficient (Wildman–Crippen LogP) is 4.30. The zero-order valence-electron chi connectivity index (χ0n) is 23.4. The Kier molecular flexibility index (Phi) is 13.3. The van der Waals surface area contributed by atoms with Gasteiger partial charge in [0, 0.05) is 44.5 Å². The van der Waals surface area contributed by atoms with Crippen LogP contribution in [0, 0.1) is 0 Å². The van der Waals surface area contributed by atoms with Gasteiger partial charge in [-0.05, 0) is 36.6 Å². The number of hydrogen-bond acceptors (Lipinski definition) is 7. The van der Waals surface area contributed by atoms with Crippen molar-refractivity contribution in [3.63, 3.8) is 0 Å². The van der Waals surface area contributed by atoms with Gasteiger partial charge in [0.1, 0.15) is 0 Å². The van der Waals surface area contributed by atoms with Crippen molar-refractivity contribution in [1.82, 2.24) is 15.7 Å². The summed E-state index contributed by atoms with van der Waals surface area (Å²) in [5.74, 6) is -0.382. The van der Waals surface area contributed by atoms with Gasteiger partial charge < -0.3 is 24.8 Å². The highest BCUT2D eigenvalue weighted by molar-refractivity contribution is 5.75. The second kappa shape index (κ2) is 16.9. The maximum absolute atomic E-state index is 12.2. The van der Waals surface area contributed by atoms with Gasteiger partial charge in [-0.15, -0.1) is 6.58 Å². The zero-order valence-corrected chi connectivity index (χ0v) is 23.4. The number of amides is 2. The van der Waals surface area contributed by atoms with E-state index in [1.165, 1.54) is 0 Å². The number of unbranched alkanes of at least 4 members (excludes halogenated alkanes) is 3. The fourth-order valence-corrected chi connectivity index (χ4v) is 4.74. The van der Waals surface area contributed by atoms with Gasteiger partial charge in [-0.1, -0.05) is 67.4 Å². The Balaban J connectivity index is 1.53. The molecule has 9 nitrogen and oxygen atoms in total. The predicted molar refractivity (Wildman–Crippen MR) is 152 cm³/mol. The standard InChI is InChI=1S/C31H43N3O6/c1-3-18-34(2)21-27-19-28(25-14-12-24(22-35)13-15-25)40-31(39-27)26-16-10-23(11-17-26)20-32-29(36)8-6-4-5-7-9-30(37)33-38/h3,10-17,27-28,31,35,38H,1,4-9,18-22H2,2H3,(H,32,36)(H,33,37)/t27-,28+,31+/m1/s1. The van der Waals surface area contributed by atoms with E-state index in [0.717, 1.165) is 61.0 Å². The van der Waals surface area contributed by atoms with Gasteiger partial charge in [0.15, 0.2) is 6.29 Å². The molecule has 3 rings (SSSR count). The molecule has 9 heteroatoms. The van der Waals surface area contributed by atoms with Crippen LogP contribution in [0.1, 0.15) is 79.6 Å². The quantitative estimate of drug-likeness (QED) is 0.106. The largest absolute Gasteiger partial charge is 0.392 e. The van der Waals surface area contributed by atoms with Crippen LogP contribution < -0.4 is 10.8 Å². The monoisotopic (exact) mass is 553 g/mol. The highest BCUT2D eigenvalue weighted by Gasteiger charge is 2.32. The third-order valence-electron chi connectivity index (χ3n) is 6.99. The molecule has 0 saturated carbocycles. The number of hydroxylamine groups is 1. The first-order chi connectivity index (χ1) is 19.4. The second-order valence-electron chi connectivity index (χ2n) is 10.3. The molecule has 0 aromatic heterocycles. The van der Waals surface area contributed by atoms with Crippen LogP contribution in [0.3, 0.4) is 0 Å². The van der Waals surface area contributed by atoms with E-state index in [1.54, 1.807) is 5.48 Å². The van der Waals surface area contributed by atoms with E-state index in [1.807, 2.05) is 61.7 Å². The van der Waals surface area contributed by atoms with Crippen molar-refractivity contribution in [1.29, 1.82) is 0 Å². The third-order valence-corrected chi connectivity index (χ3v) is 6.99. The number of aliphatic hydroxyl groups is 1. The van der Waals surface area contributed by atoms with Crippen LogP contribution in [-0.2, 0) is 32.2 Å². The van der Waals surface area contributed by atoms with Crippen LogP contribution in [0.25, 0.3) is 0 Å². The van der Waals surface area contributed by atoms with Gasteiger partial charge in [0.05, 0.1) is 18.8 Å². The van der Waals surface area contributed by atoms with Crippen molar-refractivity contribution in [3.05, 3.63) is 83.4 Å². The van der Waals surface area contributed by atoms with E-state index < -0.39 is 6.29 Å². The van der Waals surface area contributed by atoms with Gasteiger partial charge in [0.2, 0.25) is 11.8 Å². The summed E-state index contributed by atoms with van der Waals surface area (Å²) < 4.78 is 12.8. The Bertz CT molecular complexity index is 1060. The molecule has 2 amide bonds. The molecule has 0 aliphatic carbocycles. The Hall–Kier alpha value is -3.08. The van der Waals surface area contributed by atoms with E-state index in [4.69, 9.17) is 14.7 Å². The first kappa shape index (κ1) is 31.4. The molecule has 1 aliphatic heterocycles. The third kappa shape index (κ3) is 10.5. The van der Waals surface area contributed by atoms with Crippen molar-refractivity contribution in [2.75, 3.05) is 20.1 Å². The van der Waals surface area contributed by atoms with E-state index in [-0.39, 0.29) is 30.6 Å². The van der Waals surface area contributed by atoms with Gasteiger partial charge in [0.25, 0.3) is 0 Å². The lowest BCUT2D eigenvalue weighted by atomic mass is 9.99. The van der Waals surface area contributed by atoms with Crippen LogP contribution in [0.4, 0.5) is 0 Å². The molecule has 0 spiro atoms. The molecular formula is C31H43N3O6. The van der Waals surface area contributed by atoms with Gasteiger partial charge in [-0.3, -0.25) is 14.8 Å². The lowest BCUT2D eigenvalue weighted by Gasteiger charge is -2.37. The Morgan fingerprint density at radius 2 is 1.57 bits per heavy atom. The maximum atomic E-state index is 12.2. The Labute approximate surface area is 237 Å². The molecule has 0 unspecified atom stereocenters. The molecule has 1 saturated heterocycles. The fraction of sp³-hybridized carbons (Fsp3) is 0.484. The van der Waals surface area contributed by atoms with Gasteiger partial charge >= 0.3 is 0 Å². The fourth-order valence-electron chi connectivity index (χ4n) is 4.74. The summed E-state index contributed by atoms with van der Waals surface area (Å²) in [5.41, 5.74) is 5.44. The van der Waals surface area contributed by atoms with E-state index in [0.29, 0.717) is 25.8 Å². The first-order valence-corrected chi connectivity index (χ1v) is 14.0. The normalized spacial score (nSPS) is 18.9. The van der Waals surface area contributed by atoms with E-state index in [2.05, 4.69) is 16.8 Å². The number of hydrogen-bond donors (Lipinski definition) is 4. The van der Waals surface area contributed by atoms with E-state index >= 15 is 0 Å². The molecule has 3 atom stereocenters. The molecule has 4 N–H and O–H groups in total. The minimum atomic E-state index is -0.523. The molecule has 0 radical (unpaired) electrons. The molecule has 2 aromatic carbocycles. The average Bonchev–Trinajstić information content (AvgIpc) is 2.98. The number of carbonyl (C=O) groups is 2. The van der Waals surface area contributed by atoms with Crippen molar-refractivity contribution >= 4 is 11.8 Å². The van der Waals surface area contributed by atoms with Crippen LogP contribution in [-0.4, -0.2) is 53.3 Å². The number of nitrogens with one attached hydrogen (secondary N) is 2. The lowest BCUT2D eigenvalue weighted by Crippen LogP contribution is -2.37. The number of carbonyl (C=O) groups excluding carboxylic acids is 2. The molecule has 1 fully saturated rings. The smallest absolute Gasteiger partial charge is 0.243 e. The minimum absolute atomic E-state index is 0.00216. The summed E-state index contributed by atoms with van der Waals surface area (Å²) in [4.78, 5) is 25.4. The molecule has 218 valence electrons. The van der Waals surface area contributed by atoms with Gasteiger partial charge in [-0.25, -0.2) is 5.48 Å². The summed E-state index contributed by atoms with van der Waals surface area (Å²) in [6.45, 7) is 5.80. The Morgan fingerprint density at radius 1 is 0.950 bits per heavy atom. The Morgan fingerprint density at radius 3 is 2.20 bits per heavy atom. The summed E-state index contributed by atoms with van der Waals surface area (Å²) in [7, 11) is 2.04. The average molecular weight is 554 g/mol. The number of aliphatic hydroxyl groups excluding tert-OH is 1. The topological polar surface area (TPSA) is 120 Å². The van der Waals surface area contributed by atoms with E-state index in [9.17, 15) is 14.7 Å². The maximum Gasteiger partial charge on any atom is 0.243 e. The van der Waals surface area contributed by atoms with Crippen LogP contribution in [0.2, 0.25) is 0 Å². The molecule has 40 heavy (non-hydrogen) atoms. The van der Waals surface area contributed by atoms with Crippen LogP contribution in [0.15, 0.2) is 61.2 Å². The van der Waals surface area contributed by atoms with Gasteiger partial charge in [-0.2, -0.15) is 0 Å². The highest BCUT2D eigenvalue weighted by atomic mass is 16.7. The highest BCUT2D eigenvalue weighted by Crippen LogP contribution is 2.38. The molecule has 1 heterocycles. The minimum Gasteiger partial charge on any atom is -0.392 e. The summed E-state index contributed by atoms with van der Waals surface area (Å²) in [5, 5.41) is 20.9. The van der Waals surface area contributed by atoms with Crippen molar-refractivity contribution < 1.29 is 29.4 Å². The molecule has 0 bridgehead atoms. The SMILES string of the molecule is C=CCN(C)C[C@H]1C[C@@H](c2ccc(CO)cc2)O[C@@H](c2ccc(CNC(=O)CCCCCCC(=O)NO)cc2)O1. The first-order valence-electron chi connectivity index (χ1n) is 14.0. The van der Waals surface area contributed by atoms with Crippen molar-refractivity contribution in [3.8, 4) is 0 Å². The lowest BCUT2D eigenvalue weighted by molar-refractivity contribution is -0.252. The van der Waals surface area contributed by atoms with Crippen LogP contribution in [0.5, 0.6) is 0 Å². The number of likely N-dealkylation sites (N-methyl/N-ethyl adjacent to an activating group) is 1. The summed E-state index contributed by atoms with van der Waals surface area (Å²) in [6.07, 6.45) is 5.79.